The second kappa shape index (κ2) is 8.96. The molecule has 0 saturated carbocycles. The fraction of sp³-hybridized carbons (Fsp3) is 0.409. The summed E-state index contributed by atoms with van der Waals surface area (Å²) < 4.78 is 60.3. The van der Waals surface area contributed by atoms with E-state index >= 15 is 0 Å². The summed E-state index contributed by atoms with van der Waals surface area (Å²) >= 11 is 0. The molecule has 33 heavy (non-hydrogen) atoms. The van der Waals surface area contributed by atoms with Gasteiger partial charge in [-0.2, -0.15) is 4.31 Å². The van der Waals surface area contributed by atoms with Gasteiger partial charge in [-0.3, -0.25) is 9.62 Å². The summed E-state index contributed by atoms with van der Waals surface area (Å²) in [5.74, 6) is 0. The molecule has 0 bridgehead atoms. The maximum atomic E-state index is 13.4. The predicted molar refractivity (Wildman–Crippen MR) is 124 cm³/mol. The third kappa shape index (κ3) is 4.44. The number of anilines is 2. The standard InChI is InChI=1S/C22H27N3O6S2/c1-3-31-22(26)23-18-6-8-19(9-7-18)33(29,30)25-16(2)14-17-15-20(10-11-21(17)25)32(27,28)24-12-4-5-13-24/h6-11,15-16H,3-5,12-14H2,1-2H3,(H,23,26)/t16-/m0/s1. The lowest BCUT2D eigenvalue weighted by atomic mass is 10.1. The van der Waals surface area contributed by atoms with Crippen LogP contribution in [-0.2, 0) is 31.2 Å². The Balaban J connectivity index is 1.61. The van der Waals surface area contributed by atoms with E-state index < -0.39 is 26.1 Å². The van der Waals surface area contributed by atoms with Crippen LogP contribution in [0, 0.1) is 0 Å². The summed E-state index contributed by atoms with van der Waals surface area (Å²) in [5.41, 5.74) is 1.59. The lowest BCUT2D eigenvalue weighted by Crippen LogP contribution is -2.35. The van der Waals surface area contributed by atoms with Crippen molar-refractivity contribution >= 4 is 37.5 Å². The molecule has 0 aliphatic carbocycles. The highest BCUT2D eigenvalue weighted by Crippen LogP contribution is 2.38. The zero-order chi connectivity index (χ0) is 23.8. The Labute approximate surface area is 194 Å². The van der Waals surface area contributed by atoms with Gasteiger partial charge < -0.3 is 4.74 Å². The summed E-state index contributed by atoms with van der Waals surface area (Å²) in [5, 5.41) is 2.53. The van der Waals surface area contributed by atoms with Crippen molar-refractivity contribution in [3.05, 3.63) is 48.0 Å². The fourth-order valence-corrected chi connectivity index (χ4v) is 7.55. The van der Waals surface area contributed by atoms with Gasteiger partial charge >= 0.3 is 6.09 Å². The van der Waals surface area contributed by atoms with Crippen molar-refractivity contribution in [3.63, 3.8) is 0 Å². The van der Waals surface area contributed by atoms with Gasteiger partial charge in [-0.25, -0.2) is 21.6 Å². The van der Waals surface area contributed by atoms with Crippen LogP contribution in [0.15, 0.2) is 52.3 Å². The Morgan fingerprint density at radius 3 is 2.27 bits per heavy atom. The Kier molecular flexibility index (Phi) is 6.39. The highest BCUT2D eigenvalue weighted by molar-refractivity contribution is 7.93. The molecule has 0 aromatic heterocycles. The monoisotopic (exact) mass is 493 g/mol. The number of carbonyl (C=O) groups is 1. The molecule has 1 amide bonds. The van der Waals surface area contributed by atoms with Crippen molar-refractivity contribution in [3.8, 4) is 0 Å². The van der Waals surface area contributed by atoms with Crippen LogP contribution in [-0.4, -0.2) is 53.0 Å². The van der Waals surface area contributed by atoms with Crippen LogP contribution in [0.5, 0.6) is 0 Å². The highest BCUT2D eigenvalue weighted by atomic mass is 32.2. The van der Waals surface area contributed by atoms with Gasteiger partial charge in [0.15, 0.2) is 0 Å². The molecular formula is C22H27N3O6S2. The van der Waals surface area contributed by atoms with Crippen molar-refractivity contribution in [2.24, 2.45) is 0 Å². The van der Waals surface area contributed by atoms with Crippen molar-refractivity contribution < 1.29 is 26.4 Å². The maximum Gasteiger partial charge on any atom is 0.411 e. The Morgan fingerprint density at radius 2 is 1.64 bits per heavy atom. The quantitative estimate of drug-likeness (QED) is 0.661. The normalized spacial score (nSPS) is 18.8. The summed E-state index contributed by atoms with van der Waals surface area (Å²) in [7, 11) is -7.47. The van der Waals surface area contributed by atoms with E-state index in [2.05, 4.69) is 5.32 Å². The predicted octanol–water partition coefficient (Wildman–Crippen LogP) is 3.18. The number of fused-ring (bicyclic) bond motifs is 1. The average Bonchev–Trinajstić information content (AvgIpc) is 3.41. The molecular weight excluding hydrogens is 466 g/mol. The molecule has 0 spiro atoms. The summed E-state index contributed by atoms with van der Waals surface area (Å²) in [6.45, 7) is 4.73. The number of hydrogen-bond acceptors (Lipinski definition) is 6. The number of nitrogens with zero attached hydrogens (tertiary/aromatic N) is 2. The van der Waals surface area contributed by atoms with Gasteiger partial charge in [0.1, 0.15) is 0 Å². The second-order valence-electron chi connectivity index (χ2n) is 8.13. The smallest absolute Gasteiger partial charge is 0.411 e. The molecule has 2 aromatic rings. The van der Waals surface area contributed by atoms with Gasteiger partial charge in [0.05, 0.1) is 22.1 Å². The third-order valence-electron chi connectivity index (χ3n) is 5.84. The lowest BCUT2D eigenvalue weighted by Gasteiger charge is -2.24. The van der Waals surface area contributed by atoms with E-state index in [-0.39, 0.29) is 22.4 Å². The molecule has 2 aromatic carbocycles. The van der Waals surface area contributed by atoms with Gasteiger partial charge in [-0.05, 0) is 81.1 Å². The number of amides is 1. The van der Waals surface area contributed by atoms with Crippen LogP contribution >= 0.6 is 0 Å². The minimum Gasteiger partial charge on any atom is -0.450 e. The summed E-state index contributed by atoms with van der Waals surface area (Å²) in [6, 6.07) is 10.1. The van der Waals surface area contributed by atoms with E-state index in [1.807, 2.05) is 0 Å². The van der Waals surface area contributed by atoms with E-state index in [0.717, 1.165) is 12.8 Å². The molecule has 0 radical (unpaired) electrons. The SMILES string of the molecule is CCOC(=O)Nc1ccc(S(=O)(=O)N2c3ccc(S(=O)(=O)N4CCCC4)cc3C[C@@H]2C)cc1. The van der Waals surface area contributed by atoms with Crippen LogP contribution in [0.2, 0.25) is 0 Å². The number of sulfonamides is 2. The fourth-order valence-electron chi connectivity index (χ4n) is 4.29. The summed E-state index contributed by atoms with van der Waals surface area (Å²) in [6.07, 6.45) is 1.50. The number of rotatable bonds is 6. The zero-order valence-corrected chi connectivity index (χ0v) is 20.2. The molecule has 1 saturated heterocycles. The van der Waals surface area contributed by atoms with Crippen molar-refractivity contribution in [2.75, 3.05) is 29.3 Å². The minimum absolute atomic E-state index is 0.0744. The molecule has 0 unspecified atom stereocenters. The number of ether oxygens (including phenoxy) is 1. The van der Waals surface area contributed by atoms with E-state index in [9.17, 15) is 21.6 Å². The van der Waals surface area contributed by atoms with Crippen molar-refractivity contribution in [1.29, 1.82) is 0 Å². The molecule has 2 heterocycles. The molecule has 178 valence electrons. The molecule has 1 atom stereocenters. The van der Waals surface area contributed by atoms with E-state index in [1.165, 1.54) is 38.9 Å². The van der Waals surface area contributed by atoms with E-state index in [1.54, 1.807) is 26.0 Å². The second-order valence-corrected chi connectivity index (χ2v) is 11.9. The topological polar surface area (TPSA) is 113 Å². The first-order valence-electron chi connectivity index (χ1n) is 10.9. The Hall–Kier alpha value is -2.63. The lowest BCUT2D eigenvalue weighted by molar-refractivity contribution is 0.168. The highest BCUT2D eigenvalue weighted by Gasteiger charge is 2.37. The molecule has 2 aliphatic heterocycles. The van der Waals surface area contributed by atoms with Gasteiger partial charge in [0.25, 0.3) is 10.0 Å². The van der Waals surface area contributed by atoms with Crippen LogP contribution < -0.4 is 9.62 Å². The first kappa shape index (κ1) is 23.5. The van der Waals surface area contributed by atoms with E-state index in [4.69, 9.17) is 4.74 Å². The molecule has 1 fully saturated rings. The minimum atomic E-state index is -3.89. The van der Waals surface area contributed by atoms with Gasteiger partial charge in [0.2, 0.25) is 10.0 Å². The number of benzene rings is 2. The van der Waals surface area contributed by atoms with Crippen molar-refractivity contribution in [2.45, 2.75) is 48.9 Å². The largest absolute Gasteiger partial charge is 0.450 e. The molecule has 4 rings (SSSR count). The zero-order valence-electron chi connectivity index (χ0n) is 18.5. The number of carbonyl (C=O) groups excluding carboxylic acids is 1. The van der Waals surface area contributed by atoms with Crippen LogP contribution in [0.4, 0.5) is 16.2 Å². The first-order chi connectivity index (χ1) is 15.6. The molecule has 11 heteroatoms. The Bertz CT molecular complexity index is 1250. The third-order valence-corrected chi connectivity index (χ3v) is 9.68. The first-order valence-corrected chi connectivity index (χ1v) is 13.7. The molecule has 2 aliphatic rings. The van der Waals surface area contributed by atoms with Crippen molar-refractivity contribution in [1.82, 2.24) is 4.31 Å². The number of nitrogens with one attached hydrogen (secondary N) is 1. The number of hydrogen-bond donors (Lipinski definition) is 1. The van der Waals surface area contributed by atoms with Crippen LogP contribution in [0.25, 0.3) is 0 Å². The van der Waals surface area contributed by atoms with Crippen LogP contribution in [0.3, 0.4) is 0 Å². The Morgan fingerprint density at radius 1 is 1.00 bits per heavy atom. The van der Waals surface area contributed by atoms with Crippen LogP contribution in [0.1, 0.15) is 32.3 Å². The average molecular weight is 494 g/mol. The maximum absolute atomic E-state index is 13.4. The molecule has 1 N–H and O–H groups in total. The van der Waals surface area contributed by atoms with Gasteiger partial charge in [0, 0.05) is 24.8 Å². The van der Waals surface area contributed by atoms with Gasteiger partial charge in [-0.1, -0.05) is 0 Å². The molecule has 9 nitrogen and oxygen atoms in total. The summed E-state index contributed by atoms with van der Waals surface area (Å²) in [4.78, 5) is 11.8. The van der Waals surface area contributed by atoms with Gasteiger partial charge in [-0.15, -0.1) is 0 Å². The van der Waals surface area contributed by atoms with E-state index in [0.29, 0.717) is 36.4 Å².